The van der Waals surface area contributed by atoms with Gasteiger partial charge in [0.2, 0.25) is 10.0 Å². The fraction of sp³-hybridized carbons (Fsp3) is 0.429. The third-order valence-electron chi connectivity index (χ3n) is 2.79. The minimum Gasteiger partial charge on any atom is -0.376 e. The molecule has 0 aliphatic rings. The summed E-state index contributed by atoms with van der Waals surface area (Å²) in [5.41, 5.74) is 0.991. The van der Waals surface area contributed by atoms with Crippen LogP contribution in [0, 0.1) is 0 Å². The van der Waals surface area contributed by atoms with Gasteiger partial charge in [-0.3, -0.25) is 0 Å². The van der Waals surface area contributed by atoms with Gasteiger partial charge in [0.25, 0.3) is 0 Å². The van der Waals surface area contributed by atoms with Crippen LogP contribution in [0.25, 0.3) is 10.1 Å². The minimum absolute atomic E-state index is 0.181. The lowest BCUT2D eigenvalue weighted by atomic mass is 10.2. The zero-order valence-corrected chi connectivity index (χ0v) is 13.7. The van der Waals surface area contributed by atoms with Crippen molar-refractivity contribution >= 4 is 31.4 Å². The predicted molar refractivity (Wildman–Crippen MR) is 83.9 cm³/mol. The molecule has 1 heterocycles. The maximum Gasteiger partial charge on any atom is 0.247 e. The quantitative estimate of drug-likeness (QED) is 0.792. The van der Waals surface area contributed by atoms with Crippen molar-refractivity contribution in [1.29, 1.82) is 0 Å². The molecule has 0 atom stereocenters. The summed E-state index contributed by atoms with van der Waals surface area (Å²) in [4.78, 5) is 0. The second-order valence-electron chi connectivity index (χ2n) is 4.95. The highest BCUT2D eigenvalue weighted by atomic mass is 32.2. The average molecular weight is 329 g/mol. The zero-order chi connectivity index (χ0) is 15.5. The van der Waals surface area contributed by atoms with Gasteiger partial charge in [-0.15, -0.1) is 11.3 Å². The van der Waals surface area contributed by atoms with Crippen LogP contribution in [0.1, 0.15) is 19.4 Å². The van der Waals surface area contributed by atoms with Crippen LogP contribution >= 0.6 is 11.3 Å². The van der Waals surface area contributed by atoms with E-state index in [0.717, 1.165) is 15.6 Å². The van der Waals surface area contributed by atoms with E-state index in [4.69, 9.17) is 14.6 Å². The van der Waals surface area contributed by atoms with E-state index >= 15 is 0 Å². The Balaban J connectivity index is 1.99. The number of primary sulfonamides is 1. The van der Waals surface area contributed by atoms with Crippen molar-refractivity contribution in [2.45, 2.75) is 30.8 Å². The molecule has 2 aromatic rings. The molecule has 0 bridgehead atoms. The minimum atomic E-state index is -3.64. The van der Waals surface area contributed by atoms with E-state index in [-0.39, 0.29) is 10.3 Å². The molecule has 5 nitrogen and oxygen atoms in total. The van der Waals surface area contributed by atoms with Gasteiger partial charge in [-0.05, 0) is 43.0 Å². The molecule has 0 amide bonds. The SMILES string of the molecule is CC(C)OCCOCc1ccc2sc(S(N)(=O)=O)cc2c1. The van der Waals surface area contributed by atoms with Crippen LogP contribution in [0.15, 0.2) is 28.5 Å². The summed E-state index contributed by atoms with van der Waals surface area (Å²) in [6.45, 7) is 5.52. The van der Waals surface area contributed by atoms with E-state index in [1.54, 1.807) is 6.07 Å². The Hall–Kier alpha value is -0.990. The largest absolute Gasteiger partial charge is 0.376 e. The van der Waals surface area contributed by atoms with Gasteiger partial charge in [-0.2, -0.15) is 0 Å². The molecule has 0 fully saturated rings. The van der Waals surface area contributed by atoms with Crippen molar-refractivity contribution in [3.8, 4) is 0 Å². The van der Waals surface area contributed by atoms with Gasteiger partial charge in [-0.1, -0.05) is 6.07 Å². The standard InChI is InChI=1S/C14H19NO4S2/c1-10(2)19-6-5-18-9-11-3-4-13-12(7-11)8-14(20-13)21(15,16)17/h3-4,7-8,10H,5-6,9H2,1-2H3,(H2,15,16,17). The molecule has 2 rings (SSSR count). The molecule has 7 heteroatoms. The van der Waals surface area contributed by atoms with Gasteiger partial charge in [-0.25, -0.2) is 13.6 Å². The number of rotatable bonds is 7. The Bertz CT molecular complexity index is 707. The summed E-state index contributed by atoms with van der Waals surface area (Å²) in [5, 5.41) is 6.01. The molecule has 21 heavy (non-hydrogen) atoms. The smallest absolute Gasteiger partial charge is 0.247 e. The van der Waals surface area contributed by atoms with Crippen molar-refractivity contribution < 1.29 is 17.9 Å². The number of nitrogens with two attached hydrogens (primary N) is 1. The molecule has 0 unspecified atom stereocenters. The topological polar surface area (TPSA) is 78.6 Å². The summed E-state index contributed by atoms with van der Waals surface area (Å²) in [6.07, 6.45) is 0.201. The summed E-state index contributed by atoms with van der Waals surface area (Å²) < 4.78 is 34.7. The number of thiophene rings is 1. The fourth-order valence-corrected chi connectivity index (χ4v) is 3.63. The van der Waals surface area contributed by atoms with Gasteiger partial charge in [0.1, 0.15) is 4.21 Å². The molecule has 1 aromatic heterocycles. The molecule has 2 N–H and O–H groups in total. The summed E-state index contributed by atoms with van der Waals surface area (Å²) in [7, 11) is -3.64. The van der Waals surface area contributed by atoms with Crippen molar-refractivity contribution in [3.05, 3.63) is 29.8 Å². The first-order valence-electron chi connectivity index (χ1n) is 6.61. The molecule has 0 radical (unpaired) electrons. The van der Waals surface area contributed by atoms with Gasteiger partial charge in [0.05, 0.1) is 25.9 Å². The van der Waals surface area contributed by atoms with E-state index in [0.29, 0.717) is 19.8 Å². The summed E-state index contributed by atoms with van der Waals surface area (Å²) in [6, 6.07) is 7.33. The highest BCUT2D eigenvalue weighted by molar-refractivity contribution is 7.91. The van der Waals surface area contributed by atoms with Crippen molar-refractivity contribution in [1.82, 2.24) is 0 Å². The number of fused-ring (bicyclic) bond motifs is 1. The van der Waals surface area contributed by atoms with Crippen LogP contribution < -0.4 is 5.14 Å². The lowest BCUT2D eigenvalue weighted by molar-refractivity contribution is 0.0143. The second kappa shape index (κ2) is 6.85. The lowest BCUT2D eigenvalue weighted by Crippen LogP contribution is -2.09. The van der Waals surface area contributed by atoms with Gasteiger partial charge >= 0.3 is 0 Å². The van der Waals surface area contributed by atoms with Crippen LogP contribution in [0.2, 0.25) is 0 Å². The van der Waals surface area contributed by atoms with Crippen LogP contribution in [0.5, 0.6) is 0 Å². The van der Waals surface area contributed by atoms with Crippen LogP contribution in [0.3, 0.4) is 0 Å². The van der Waals surface area contributed by atoms with Crippen LogP contribution in [-0.4, -0.2) is 27.7 Å². The maximum absolute atomic E-state index is 11.3. The third-order valence-corrected chi connectivity index (χ3v) is 5.32. The number of hydrogen-bond donors (Lipinski definition) is 1. The molecular formula is C14H19NO4S2. The number of sulfonamides is 1. The normalized spacial score (nSPS) is 12.4. The molecule has 0 aliphatic carbocycles. The van der Waals surface area contributed by atoms with E-state index < -0.39 is 10.0 Å². The Labute approximate surface area is 128 Å². The van der Waals surface area contributed by atoms with E-state index in [2.05, 4.69) is 0 Å². The Morgan fingerprint density at radius 3 is 2.67 bits per heavy atom. The number of hydrogen-bond acceptors (Lipinski definition) is 5. The first kappa shape index (κ1) is 16.4. The Kier molecular flexibility index (Phi) is 5.34. The Morgan fingerprint density at radius 1 is 1.24 bits per heavy atom. The van der Waals surface area contributed by atoms with E-state index in [1.807, 2.05) is 32.0 Å². The number of ether oxygens (including phenoxy) is 2. The Morgan fingerprint density at radius 2 is 2.00 bits per heavy atom. The summed E-state index contributed by atoms with van der Waals surface area (Å²) >= 11 is 1.17. The van der Waals surface area contributed by atoms with Gasteiger partial charge < -0.3 is 9.47 Å². The maximum atomic E-state index is 11.3. The van der Waals surface area contributed by atoms with Crippen LogP contribution in [-0.2, 0) is 26.1 Å². The monoisotopic (exact) mass is 329 g/mol. The molecule has 0 saturated heterocycles. The van der Waals surface area contributed by atoms with Gasteiger partial charge in [0.15, 0.2) is 0 Å². The second-order valence-corrected chi connectivity index (χ2v) is 7.83. The van der Waals surface area contributed by atoms with Gasteiger partial charge in [0, 0.05) is 4.70 Å². The summed E-state index contributed by atoms with van der Waals surface area (Å²) in [5.74, 6) is 0. The number of benzene rings is 1. The van der Waals surface area contributed by atoms with E-state index in [1.165, 1.54) is 11.3 Å². The lowest BCUT2D eigenvalue weighted by Gasteiger charge is -2.08. The average Bonchev–Trinajstić information content (AvgIpc) is 2.81. The van der Waals surface area contributed by atoms with Crippen molar-refractivity contribution in [2.24, 2.45) is 5.14 Å². The molecule has 0 aliphatic heterocycles. The first-order chi connectivity index (χ1) is 9.86. The third kappa shape index (κ3) is 4.76. The van der Waals surface area contributed by atoms with Crippen molar-refractivity contribution in [2.75, 3.05) is 13.2 Å². The highest BCUT2D eigenvalue weighted by Crippen LogP contribution is 2.29. The highest BCUT2D eigenvalue weighted by Gasteiger charge is 2.12. The van der Waals surface area contributed by atoms with Crippen LogP contribution in [0.4, 0.5) is 0 Å². The van der Waals surface area contributed by atoms with Crippen molar-refractivity contribution in [3.63, 3.8) is 0 Å². The fourth-order valence-electron chi connectivity index (χ4n) is 1.83. The molecular weight excluding hydrogens is 310 g/mol. The molecule has 116 valence electrons. The molecule has 0 spiro atoms. The zero-order valence-electron chi connectivity index (χ0n) is 12.0. The molecule has 0 saturated carbocycles. The van der Waals surface area contributed by atoms with E-state index in [9.17, 15) is 8.42 Å². The first-order valence-corrected chi connectivity index (χ1v) is 8.97. The predicted octanol–water partition coefficient (Wildman–Crippen LogP) is 2.49. The molecule has 1 aromatic carbocycles.